The zero-order chi connectivity index (χ0) is 17.7. The van der Waals surface area contributed by atoms with Crippen LogP contribution in [-0.4, -0.2) is 40.0 Å². The number of carbonyl (C=O) groups excluding carboxylic acids is 2. The Morgan fingerprint density at radius 3 is 2.50 bits per heavy atom. The zero-order valence-corrected chi connectivity index (χ0v) is 15.9. The number of amides is 2. The molecule has 0 aromatic carbocycles. The smallest absolute Gasteiger partial charge is 0.226 e. The van der Waals surface area contributed by atoms with Crippen LogP contribution in [-0.2, 0) is 16.0 Å². The largest absolute Gasteiger partial charge is 0.342 e. The van der Waals surface area contributed by atoms with Gasteiger partial charge in [0.25, 0.3) is 0 Å². The second kappa shape index (κ2) is 8.55. The summed E-state index contributed by atoms with van der Waals surface area (Å²) in [5.74, 6) is 1.48. The number of rotatable bonds is 6. The monoisotopic (exact) mass is 352 g/mol. The lowest BCUT2D eigenvalue weighted by molar-refractivity contribution is -0.135. The van der Waals surface area contributed by atoms with Crippen LogP contribution in [0.2, 0.25) is 0 Å². The lowest BCUT2D eigenvalue weighted by Crippen LogP contribution is -2.42. The topological polar surface area (TPSA) is 75.2 Å². The van der Waals surface area contributed by atoms with E-state index >= 15 is 0 Å². The van der Waals surface area contributed by atoms with Gasteiger partial charge >= 0.3 is 0 Å². The lowest BCUT2D eigenvalue weighted by atomic mass is 9.91. The number of nitrogens with one attached hydrogen (secondary N) is 1. The summed E-state index contributed by atoms with van der Waals surface area (Å²) in [5.41, 5.74) is 0. The number of piperidine rings is 1. The molecule has 1 aromatic heterocycles. The van der Waals surface area contributed by atoms with Crippen LogP contribution >= 0.6 is 11.3 Å². The molecule has 0 aliphatic carbocycles. The highest BCUT2D eigenvalue weighted by Gasteiger charge is 2.25. The van der Waals surface area contributed by atoms with Gasteiger partial charge in [-0.05, 0) is 24.2 Å². The van der Waals surface area contributed by atoms with Crippen molar-refractivity contribution >= 4 is 28.3 Å². The van der Waals surface area contributed by atoms with Crippen molar-refractivity contribution < 1.29 is 9.59 Å². The van der Waals surface area contributed by atoms with Gasteiger partial charge in [0.1, 0.15) is 5.01 Å². The molecule has 134 valence electrons. The third-order valence-corrected chi connectivity index (χ3v) is 4.94. The average molecular weight is 353 g/mol. The Morgan fingerprint density at radius 1 is 1.21 bits per heavy atom. The number of likely N-dealkylation sites (tertiary alicyclic amines) is 1. The van der Waals surface area contributed by atoms with Crippen LogP contribution in [0.3, 0.4) is 0 Å². The van der Waals surface area contributed by atoms with Crippen molar-refractivity contribution in [2.75, 3.05) is 18.4 Å². The molecule has 6 nitrogen and oxygen atoms in total. The minimum absolute atomic E-state index is 0.0707. The number of hydrogen-bond acceptors (Lipinski definition) is 5. The van der Waals surface area contributed by atoms with E-state index in [1.54, 1.807) is 0 Å². The van der Waals surface area contributed by atoms with Gasteiger partial charge in [-0.1, -0.05) is 39.0 Å². The van der Waals surface area contributed by atoms with E-state index in [1.807, 2.05) is 4.90 Å². The van der Waals surface area contributed by atoms with Crippen molar-refractivity contribution in [2.24, 2.45) is 17.8 Å². The van der Waals surface area contributed by atoms with Crippen LogP contribution in [0.5, 0.6) is 0 Å². The maximum Gasteiger partial charge on any atom is 0.226 e. The molecular weight excluding hydrogens is 324 g/mol. The predicted octanol–water partition coefficient (Wildman–Crippen LogP) is 2.96. The molecule has 2 amide bonds. The molecule has 0 unspecified atom stereocenters. The summed E-state index contributed by atoms with van der Waals surface area (Å²) in [4.78, 5) is 26.2. The van der Waals surface area contributed by atoms with Crippen molar-refractivity contribution in [3.63, 3.8) is 0 Å². The highest BCUT2D eigenvalue weighted by molar-refractivity contribution is 7.15. The highest BCUT2D eigenvalue weighted by Crippen LogP contribution is 2.22. The van der Waals surface area contributed by atoms with Gasteiger partial charge in [0.15, 0.2) is 0 Å². The first-order valence-electron chi connectivity index (χ1n) is 8.73. The average Bonchev–Trinajstić information content (AvgIpc) is 2.89. The molecule has 1 fully saturated rings. The summed E-state index contributed by atoms with van der Waals surface area (Å²) in [7, 11) is 0. The van der Waals surface area contributed by atoms with Gasteiger partial charge in [-0.3, -0.25) is 9.59 Å². The Kier molecular flexibility index (Phi) is 6.71. The molecule has 1 aliphatic rings. The minimum Gasteiger partial charge on any atom is -0.342 e. The summed E-state index contributed by atoms with van der Waals surface area (Å²) >= 11 is 1.40. The number of anilines is 1. The summed E-state index contributed by atoms with van der Waals surface area (Å²) in [6, 6.07) is 0. The second-order valence-corrected chi connectivity index (χ2v) is 8.45. The van der Waals surface area contributed by atoms with Gasteiger partial charge in [0, 0.05) is 32.4 Å². The van der Waals surface area contributed by atoms with Crippen molar-refractivity contribution in [3.8, 4) is 0 Å². The Bertz CT molecular complexity index is 563. The molecule has 2 atom stereocenters. The van der Waals surface area contributed by atoms with E-state index in [0.29, 0.717) is 22.9 Å². The van der Waals surface area contributed by atoms with E-state index in [2.05, 4.69) is 43.2 Å². The number of aromatic nitrogens is 2. The van der Waals surface area contributed by atoms with Gasteiger partial charge in [-0.2, -0.15) is 0 Å². The van der Waals surface area contributed by atoms with Crippen LogP contribution < -0.4 is 5.32 Å². The van der Waals surface area contributed by atoms with E-state index in [-0.39, 0.29) is 24.7 Å². The van der Waals surface area contributed by atoms with E-state index in [4.69, 9.17) is 0 Å². The van der Waals surface area contributed by atoms with Gasteiger partial charge in [0.05, 0.1) is 0 Å². The Balaban J connectivity index is 1.76. The van der Waals surface area contributed by atoms with E-state index in [1.165, 1.54) is 17.8 Å². The molecule has 1 aliphatic heterocycles. The zero-order valence-electron chi connectivity index (χ0n) is 15.0. The molecule has 24 heavy (non-hydrogen) atoms. The van der Waals surface area contributed by atoms with Crippen molar-refractivity contribution in [3.05, 3.63) is 5.01 Å². The van der Waals surface area contributed by atoms with Crippen LogP contribution in [0, 0.1) is 17.8 Å². The van der Waals surface area contributed by atoms with Crippen molar-refractivity contribution in [1.82, 2.24) is 15.1 Å². The molecule has 2 heterocycles. The SMILES string of the molecule is CC(C)Cc1nnc(NC(=O)CCC(=O)N2C[C@H](C)C[C@@H](C)C2)s1. The summed E-state index contributed by atoms with van der Waals surface area (Å²) in [6.45, 7) is 10.2. The van der Waals surface area contributed by atoms with Crippen LogP contribution in [0.1, 0.15) is 52.0 Å². The summed E-state index contributed by atoms with van der Waals surface area (Å²) in [5, 5.41) is 12.2. The standard InChI is InChI=1S/C17H28N4O2S/c1-11(2)7-15-19-20-17(24-15)18-14(22)5-6-16(23)21-9-12(3)8-13(4)10-21/h11-13H,5-10H2,1-4H3,(H,18,20,22)/t12-,13-/m1/s1. The molecule has 0 bridgehead atoms. The van der Waals surface area contributed by atoms with Gasteiger partial charge in [0.2, 0.25) is 16.9 Å². The van der Waals surface area contributed by atoms with Crippen LogP contribution in [0.15, 0.2) is 0 Å². The van der Waals surface area contributed by atoms with Crippen molar-refractivity contribution in [1.29, 1.82) is 0 Å². The minimum atomic E-state index is -0.172. The predicted molar refractivity (Wildman–Crippen MR) is 95.8 cm³/mol. The molecule has 1 aromatic rings. The number of hydrogen-bond donors (Lipinski definition) is 1. The first-order chi connectivity index (χ1) is 11.3. The summed E-state index contributed by atoms with van der Waals surface area (Å²) in [6.07, 6.45) is 2.47. The maximum atomic E-state index is 12.3. The Labute approximate surface area is 148 Å². The normalized spacial score (nSPS) is 21.1. The molecule has 1 N–H and O–H groups in total. The molecule has 1 saturated heterocycles. The Hall–Kier alpha value is -1.50. The number of nitrogens with zero attached hydrogens (tertiary/aromatic N) is 3. The maximum absolute atomic E-state index is 12.3. The van der Waals surface area contributed by atoms with E-state index in [9.17, 15) is 9.59 Å². The van der Waals surface area contributed by atoms with Crippen LogP contribution in [0.4, 0.5) is 5.13 Å². The van der Waals surface area contributed by atoms with E-state index < -0.39 is 0 Å². The van der Waals surface area contributed by atoms with E-state index in [0.717, 1.165) is 24.5 Å². The van der Waals surface area contributed by atoms with Gasteiger partial charge in [-0.15, -0.1) is 10.2 Å². The summed E-state index contributed by atoms with van der Waals surface area (Å²) < 4.78 is 0. The fourth-order valence-corrected chi connectivity index (χ4v) is 4.13. The Morgan fingerprint density at radius 2 is 1.88 bits per heavy atom. The fraction of sp³-hybridized carbons (Fsp3) is 0.765. The molecule has 0 saturated carbocycles. The molecular formula is C17H28N4O2S. The van der Waals surface area contributed by atoms with Gasteiger partial charge < -0.3 is 10.2 Å². The highest BCUT2D eigenvalue weighted by atomic mass is 32.1. The molecule has 0 radical (unpaired) electrons. The fourth-order valence-electron chi connectivity index (χ4n) is 3.16. The second-order valence-electron chi connectivity index (χ2n) is 7.39. The first kappa shape index (κ1) is 18.8. The van der Waals surface area contributed by atoms with Gasteiger partial charge in [-0.25, -0.2) is 0 Å². The number of carbonyl (C=O) groups is 2. The third-order valence-electron chi connectivity index (χ3n) is 4.08. The lowest BCUT2D eigenvalue weighted by Gasteiger charge is -2.35. The first-order valence-corrected chi connectivity index (χ1v) is 9.55. The van der Waals surface area contributed by atoms with Crippen LogP contribution in [0.25, 0.3) is 0 Å². The molecule has 7 heteroatoms. The van der Waals surface area contributed by atoms with Crippen molar-refractivity contribution in [2.45, 2.75) is 53.4 Å². The molecule has 2 rings (SSSR count). The third kappa shape index (κ3) is 5.85. The molecule has 0 spiro atoms. The quantitative estimate of drug-likeness (QED) is 0.854.